The minimum atomic E-state index is 0.215. The molecule has 0 heterocycles. The smallest absolute Gasteiger partial charge is 0.0721 e. The van der Waals surface area contributed by atoms with Gasteiger partial charge in [0.05, 0.1) is 12.7 Å². The zero-order valence-electron chi connectivity index (χ0n) is 10.9. The van der Waals surface area contributed by atoms with E-state index in [4.69, 9.17) is 16.3 Å². The Morgan fingerprint density at radius 1 is 1.24 bits per heavy atom. The van der Waals surface area contributed by atoms with E-state index in [2.05, 4.69) is 26.1 Å². The Morgan fingerprint density at radius 3 is 2.65 bits per heavy atom. The number of hydrogen-bond acceptors (Lipinski definition) is 2. The van der Waals surface area contributed by atoms with E-state index in [0.29, 0.717) is 12.5 Å². The zero-order chi connectivity index (χ0) is 12.7. The Labute approximate surface area is 109 Å². The lowest BCUT2D eigenvalue weighted by Crippen LogP contribution is -2.29. The lowest BCUT2D eigenvalue weighted by Gasteiger charge is -2.15. The van der Waals surface area contributed by atoms with Crippen molar-refractivity contribution < 1.29 is 4.74 Å². The summed E-state index contributed by atoms with van der Waals surface area (Å²) in [6.45, 7) is 9.02. The van der Waals surface area contributed by atoms with Gasteiger partial charge in [-0.05, 0) is 37.1 Å². The summed E-state index contributed by atoms with van der Waals surface area (Å²) in [5, 5.41) is 4.14. The second-order valence-corrected chi connectivity index (χ2v) is 5.24. The molecule has 1 N–H and O–H groups in total. The highest BCUT2D eigenvalue weighted by Gasteiger charge is 2.03. The molecule has 1 aromatic carbocycles. The Bertz CT molecular complexity index is 328. The summed E-state index contributed by atoms with van der Waals surface area (Å²) in [5.41, 5.74) is 1.12. The van der Waals surface area contributed by atoms with E-state index in [0.717, 1.165) is 23.7 Å². The van der Waals surface area contributed by atoms with Crippen LogP contribution < -0.4 is 5.32 Å². The van der Waals surface area contributed by atoms with Crippen LogP contribution in [0.1, 0.15) is 26.3 Å². The van der Waals surface area contributed by atoms with Crippen LogP contribution in [0, 0.1) is 5.92 Å². The van der Waals surface area contributed by atoms with E-state index in [1.54, 1.807) is 0 Å². The van der Waals surface area contributed by atoms with E-state index in [1.807, 2.05) is 24.3 Å². The first-order valence-corrected chi connectivity index (χ1v) is 6.52. The topological polar surface area (TPSA) is 21.3 Å². The van der Waals surface area contributed by atoms with Crippen LogP contribution in [0.2, 0.25) is 5.02 Å². The van der Waals surface area contributed by atoms with Crippen LogP contribution in [0.5, 0.6) is 0 Å². The van der Waals surface area contributed by atoms with Crippen molar-refractivity contribution in [2.75, 3.05) is 13.1 Å². The molecule has 0 amide bonds. The van der Waals surface area contributed by atoms with Crippen LogP contribution in [-0.4, -0.2) is 19.2 Å². The maximum Gasteiger partial charge on any atom is 0.0721 e. The highest BCUT2D eigenvalue weighted by molar-refractivity contribution is 6.30. The number of ether oxygens (including phenoxy) is 1. The standard InChI is InChI=1S/C14H22ClNO/c1-11(2)8-16-9-12(3)17-10-13-5-4-6-14(15)7-13/h4-7,11-12,16H,8-10H2,1-3H3. The molecule has 0 saturated carbocycles. The van der Waals surface area contributed by atoms with E-state index in [9.17, 15) is 0 Å². The van der Waals surface area contributed by atoms with Gasteiger partial charge in [-0.1, -0.05) is 37.6 Å². The molecular weight excluding hydrogens is 234 g/mol. The first-order chi connectivity index (χ1) is 8.08. The SMILES string of the molecule is CC(C)CNCC(C)OCc1cccc(Cl)c1. The van der Waals surface area contributed by atoms with Crippen molar-refractivity contribution in [1.29, 1.82) is 0 Å². The fourth-order valence-electron chi connectivity index (χ4n) is 1.50. The molecule has 96 valence electrons. The Hall–Kier alpha value is -0.570. The lowest BCUT2D eigenvalue weighted by atomic mass is 10.2. The van der Waals surface area contributed by atoms with Gasteiger partial charge in [0.1, 0.15) is 0 Å². The van der Waals surface area contributed by atoms with Gasteiger partial charge in [-0.2, -0.15) is 0 Å². The van der Waals surface area contributed by atoms with Gasteiger partial charge in [0, 0.05) is 11.6 Å². The first-order valence-electron chi connectivity index (χ1n) is 6.14. The van der Waals surface area contributed by atoms with Crippen molar-refractivity contribution in [3.63, 3.8) is 0 Å². The molecule has 1 unspecified atom stereocenters. The fraction of sp³-hybridized carbons (Fsp3) is 0.571. The highest BCUT2D eigenvalue weighted by atomic mass is 35.5. The average Bonchev–Trinajstić information content (AvgIpc) is 2.26. The van der Waals surface area contributed by atoms with Gasteiger partial charge >= 0.3 is 0 Å². The molecule has 0 aliphatic rings. The van der Waals surface area contributed by atoms with Crippen molar-refractivity contribution in [3.05, 3.63) is 34.9 Å². The quantitative estimate of drug-likeness (QED) is 0.805. The van der Waals surface area contributed by atoms with Crippen molar-refractivity contribution in [3.8, 4) is 0 Å². The van der Waals surface area contributed by atoms with Crippen molar-refractivity contribution in [2.45, 2.75) is 33.5 Å². The molecule has 0 aliphatic carbocycles. The van der Waals surface area contributed by atoms with Crippen LogP contribution in [-0.2, 0) is 11.3 Å². The molecule has 1 atom stereocenters. The zero-order valence-corrected chi connectivity index (χ0v) is 11.6. The Balaban J connectivity index is 2.21. The monoisotopic (exact) mass is 255 g/mol. The molecule has 1 aromatic rings. The molecule has 0 radical (unpaired) electrons. The third-order valence-electron chi connectivity index (χ3n) is 2.41. The molecule has 3 heteroatoms. The average molecular weight is 256 g/mol. The largest absolute Gasteiger partial charge is 0.373 e. The molecule has 1 rings (SSSR count). The molecule has 0 saturated heterocycles. The molecule has 0 aliphatic heterocycles. The molecule has 17 heavy (non-hydrogen) atoms. The predicted molar refractivity (Wildman–Crippen MR) is 73.4 cm³/mol. The molecular formula is C14H22ClNO. The van der Waals surface area contributed by atoms with Gasteiger partial charge in [0.2, 0.25) is 0 Å². The maximum atomic E-state index is 5.91. The van der Waals surface area contributed by atoms with E-state index >= 15 is 0 Å². The van der Waals surface area contributed by atoms with Gasteiger partial charge in [0.25, 0.3) is 0 Å². The van der Waals surface area contributed by atoms with Crippen LogP contribution >= 0.6 is 11.6 Å². The van der Waals surface area contributed by atoms with Gasteiger partial charge < -0.3 is 10.1 Å². The summed E-state index contributed by atoms with van der Waals surface area (Å²) in [7, 11) is 0. The van der Waals surface area contributed by atoms with Crippen molar-refractivity contribution in [1.82, 2.24) is 5.32 Å². The third kappa shape index (κ3) is 6.67. The summed E-state index contributed by atoms with van der Waals surface area (Å²) in [6.07, 6.45) is 0.215. The maximum absolute atomic E-state index is 5.91. The number of rotatable bonds is 7. The highest BCUT2D eigenvalue weighted by Crippen LogP contribution is 2.12. The minimum absolute atomic E-state index is 0.215. The number of halogens is 1. The van der Waals surface area contributed by atoms with Crippen LogP contribution in [0.3, 0.4) is 0 Å². The van der Waals surface area contributed by atoms with Crippen molar-refractivity contribution in [2.24, 2.45) is 5.92 Å². The summed E-state index contributed by atoms with van der Waals surface area (Å²) in [5.74, 6) is 0.676. The lowest BCUT2D eigenvalue weighted by molar-refractivity contribution is 0.0529. The van der Waals surface area contributed by atoms with Gasteiger partial charge in [-0.25, -0.2) is 0 Å². The summed E-state index contributed by atoms with van der Waals surface area (Å²) < 4.78 is 5.74. The second-order valence-electron chi connectivity index (χ2n) is 4.80. The Kier molecular flexibility index (Phi) is 6.56. The van der Waals surface area contributed by atoms with E-state index in [-0.39, 0.29) is 6.10 Å². The first kappa shape index (κ1) is 14.5. The number of nitrogens with one attached hydrogen (secondary N) is 1. The van der Waals surface area contributed by atoms with E-state index in [1.165, 1.54) is 0 Å². The molecule has 0 fully saturated rings. The summed E-state index contributed by atoms with van der Waals surface area (Å²) in [6, 6.07) is 7.79. The predicted octanol–water partition coefficient (Wildman–Crippen LogP) is 3.49. The van der Waals surface area contributed by atoms with Crippen molar-refractivity contribution >= 4 is 11.6 Å². The summed E-state index contributed by atoms with van der Waals surface area (Å²) in [4.78, 5) is 0. The van der Waals surface area contributed by atoms with Crippen LogP contribution in [0.25, 0.3) is 0 Å². The Morgan fingerprint density at radius 2 is 2.00 bits per heavy atom. The van der Waals surface area contributed by atoms with Gasteiger partial charge in [0.15, 0.2) is 0 Å². The third-order valence-corrected chi connectivity index (χ3v) is 2.64. The summed E-state index contributed by atoms with van der Waals surface area (Å²) >= 11 is 5.91. The second kappa shape index (κ2) is 7.70. The number of hydrogen-bond donors (Lipinski definition) is 1. The molecule has 2 nitrogen and oxygen atoms in total. The number of benzene rings is 1. The van der Waals surface area contributed by atoms with Crippen LogP contribution in [0.4, 0.5) is 0 Å². The molecule has 0 spiro atoms. The van der Waals surface area contributed by atoms with Crippen LogP contribution in [0.15, 0.2) is 24.3 Å². The van der Waals surface area contributed by atoms with Gasteiger partial charge in [-0.15, -0.1) is 0 Å². The fourth-order valence-corrected chi connectivity index (χ4v) is 1.71. The molecule has 0 aromatic heterocycles. The van der Waals surface area contributed by atoms with Gasteiger partial charge in [-0.3, -0.25) is 0 Å². The minimum Gasteiger partial charge on any atom is -0.373 e. The normalized spacial score (nSPS) is 13.0. The molecule has 0 bridgehead atoms. The van der Waals surface area contributed by atoms with E-state index < -0.39 is 0 Å².